The first-order chi connectivity index (χ1) is 14.5. The van der Waals surface area contributed by atoms with Crippen LogP contribution < -0.4 is 10.2 Å². The molecule has 1 atom stereocenters. The highest BCUT2D eigenvalue weighted by Crippen LogP contribution is 2.38. The average molecular weight is 409 g/mol. The molecule has 2 aromatic carbocycles. The van der Waals surface area contributed by atoms with Gasteiger partial charge in [0.25, 0.3) is 5.91 Å². The van der Waals surface area contributed by atoms with Crippen LogP contribution in [0, 0.1) is 5.82 Å². The van der Waals surface area contributed by atoms with Crippen LogP contribution in [0.2, 0.25) is 0 Å². The molecule has 0 spiro atoms. The molecule has 1 aliphatic rings. The molecule has 0 saturated carbocycles. The van der Waals surface area contributed by atoms with E-state index in [9.17, 15) is 14.0 Å². The van der Waals surface area contributed by atoms with Gasteiger partial charge in [0, 0.05) is 13.7 Å². The van der Waals surface area contributed by atoms with Crippen LogP contribution in [0.15, 0.2) is 64.3 Å². The van der Waals surface area contributed by atoms with Crippen molar-refractivity contribution in [2.75, 3.05) is 26.9 Å². The van der Waals surface area contributed by atoms with Crippen LogP contribution in [-0.4, -0.2) is 37.7 Å². The summed E-state index contributed by atoms with van der Waals surface area (Å²) in [5.74, 6) is -0.409. The Labute approximate surface area is 172 Å². The topological polar surface area (TPSA) is 69.0 Å². The SMILES string of the molecule is C=CCOc1cccc([C@@H]2c3c(oc4ccc(F)cc4c3=O)C(=O)N2CCOC)c1. The summed E-state index contributed by atoms with van der Waals surface area (Å²) < 4.78 is 30.3. The number of methoxy groups -OCH3 is 1. The Hall–Kier alpha value is -3.45. The van der Waals surface area contributed by atoms with E-state index in [1.165, 1.54) is 24.1 Å². The Morgan fingerprint density at radius 1 is 1.23 bits per heavy atom. The maximum Gasteiger partial charge on any atom is 0.290 e. The van der Waals surface area contributed by atoms with Crippen LogP contribution in [0.4, 0.5) is 4.39 Å². The quantitative estimate of drug-likeness (QED) is 0.557. The number of amides is 1. The van der Waals surface area contributed by atoms with Crippen molar-refractivity contribution < 1.29 is 23.1 Å². The number of benzene rings is 2. The van der Waals surface area contributed by atoms with Gasteiger partial charge in [0.15, 0.2) is 5.43 Å². The van der Waals surface area contributed by atoms with Gasteiger partial charge in [-0.1, -0.05) is 24.8 Å². The maximum absolute atomic E-state index is 13.8. The van der Waals surface area contributed by atoms with E-state index in [0.717, 1.165) is 6.07 Å². The van der Waals surface area contributed by atoms with E-state index in [1.807, 2.05) is 6.07 Å². The molecule has 0 N–H and O–H groups in total. The molecule has 4 rings (SSSR count). The molecule has 0 unspecified atom stereocenters. The number of carbonyl (C=O) groups excluding carboxylic acids is 1. The van der Waals surface area contributed by atoms with Crippen molar-refractivity contribution in [2.24, 2.45) is 0 Å². The lowest BCUT2D eigenvalue weighted by molar-refractivity contribution is 0.0663. The summed E-state index contributed by atoms with van der Waals surface area (Å²) >= 11 is 0. The second kappa shape index (κ2) is 8.12. The Kier molecular flexibility index (Phi) is 5.37. The number of carbonyl (C=O) groups is 1. The normalized spacial score (nSPS) is 15.5. The van der Waals surface area contributed by atoms with E-state index in [0.29, 0.717) is 17.9 Å². The van der Waals surface area contributed by atoms with Gasteiger partial charge in [-0.05, 0) is 35.9 Å². The molecular weight excluding hydrogens is 389 g/mol. The van der Waals surface area contributed by atoms with Gasteiger partial charge in [-0.15, -0.1) is 0 Å². The summed E-state index contributed by atoms with van der Waals surface area (Å²) in [4.78, 5) is 28.0. The zero-order valence-corrected chi connectivity index (χ0v) is 16.4. The molecule has 1 aromatic heterocycles. The lowest BCUT2D eigenvalue weighted by Gasteiger charge is -2.25. The molecule has 2 heterocycles. The fraction of sp³-hybridized carbons (Fsp3) is 0.217. The van der Waals surface area contributed by atoms with Crippen molar-refractivity contribution in [1.82, 2.24) is 4.90 Å². The number of nitrogens with zero attached hydrogens (tertiary/aromatic N) is 1. The van der Waals surface area contributed by atoms with E-state index >= 15 is 0 Å². The Balaban J connectivity index is 1.91. The fourth-order valence-corrected chi connectivity index (χ4v) is 3.69. The molecule has 0 radical (unpaired) electrons. The minimum atomic E-state index is -0.696. The largest absolute Gasteiger partial charge is 0.490 e. The Bertz CT molecular complexity index is 1190. The summed E-state index contributed by atoms with van der Waals surface area (Å²) in [6, 6.07) is 10.1. The van der Waals surface area contributed by atoms with Crippen LogP contribution in [0.25, 0.3) is 11.0 Å². The molecule has 0 fully saturated rings. The van der Waals surface area contributed by atoms with Crippen molar-refractivity contribution in [3.05, 3.63) is 88.0 Å². The van der Waals surface area contributed by atoms with E-state index in [2.05, 4.69) is 6.58 Å². The number of rotatable bonds is 7. The molecule has 7 heteroatoms. The van der Waals surface area contributed by atoms with Crippen LogP contribution in [0.1, 0.15) is 27.7 Å². The summed E-state index contributed by atoms with van der Waals surface area (Å²) in [5, 5.41) is 0.0965. The van der Waals surface area contributed by atoms with Gasteiger partial charge in [-0.25, -0.2) is 4.39 Å². The van der Waals surface area contributed by atoms with Gasteiger partial charge in [0.05, 0.1) is 23.6 Å². The second-order valence-corrected chi connectivity index (χ2v) is 6.88. The number of ether oxygens (including phenoxy) is 2. The average Bonchev–Trinajstić information content (AvgIpc) is 3.03. The lowest BCUT2D eigenvalue weighted by atomic mass is 9.98. The van der Waals surface area contributed by atoms with Gasteiger partial charge in [0.1, 0.15) is 23.8 Å². The third-order valence-electron chi connectivity index (χ3n) is 5.01. The minimum absolute atomic E-state index is 0.0300. The predicted octanol–water partition coefficient (Wildman–Crippen LogP) is 3.69. The molecule has 30 heavy (non-hydrogen) atoms. The molecule has 0 saturated heterocycles. The highest BCUT2D eigenvalue weighted by atomic mass is 19.1. The minimum Gasteiger partial charge on any atom is -0.490 e. The number of fused-ring (bicyclic) bond motifs is 2. The molecule has 3 aromatic rings. The molecule has 0 aliphatic carbocycles. The smallest absolute Gasteiger partial charge is 0.290 e. The Morgan fingerprint density at radius 3 is 2.83 bits per heavy atom. The van der Waals surface area contributed by atoms with Gasteiger partial charge >= 0.3 is 0 Å². The third-order valence-corrected chi connectivity index (χ3v) is 5.01. The van der Waals surface area contributed by atoms with Crippen molar-refractivity contribution in [3.63, 3.8) is 0 Å². The molecule has 1 aliphatic heterocycles. The number of hydrogen-bond donors (Lipinski definition) is 0. The first-order valence-corrected chi connectivity index (χ1v) is 9.45. The van der Waals surface area contributed by atoms with Crippen molar-refractivity contribution >= 4 is 16.9 Å². The van der Waals surface area contributed by atoms with Crippen LogP contribution in [0.3, 0.4) is 0 Å². The summed E-state index contributed by atoms with van der Waals surface area (Å²) in [7, 11) is 1.53. The first kappa shape index (κ1) is 19.8. The van der Waals surface area contributed by atoms with Crippen LogP contribution in [-0.2, 0) is 4.74 Å². The monoisotopic (exact) mass is 409 g/mol. The molecule has 1 amide bonds. The summed E-state index contributed by atoms with van der Waals surface area (Å²) in [5.41, 5.74) is 0.614. The zero-order valence-electron chi connectivity index (χ0n) is 16.4. The maximum atomic E-state index is 13.8. The van der Waals surface area contributed by atoms with E-state index < -0.39 is 23.2 Å². The predicted molar refractivity (Wildman–Crippen MR) is 109 cm³/mol. The van der Waals surface area contributed by atoms with Crippen LogP contribution in [0.5, 0.6) is 5.75 Å². The Morgan fingerprint density at radius 2 is 2.07 bits per heavy atom. The second-order valence-electron chi connectivity index (χ2n) is 6.88. The van der Waals surface area contributed by atoms with Crippen molar-refractivity contribution in [3.8, 4) is 5.75 Å². The molecular formula is C23H20FNO5. The first-order valence-electron chi connectivity index (χ1n) is 9.45. The summed E-state index contributed by atoms with van der Waals surface area (Å²) in [6.07, 6.45) is 1.63. The van der Waals surface area contributed by atoms with Gasteiger partial charge < -0.3 is 18.8 Å². The molecule has 0 bridgehead atoms. The van der Waals surface area contributed by atoms with E-state index in [4.69, 9.17) is 13.9 Å². The van der Waals surface area contributed by atoms with E-state index in [1.54, 1.807) is 24.3 Å². The standard InChI is InChI=1S/C23H20FNO5/c1-3-10-29-16-6-4-5-14(12-16)20-19-21(26)17-13-15(24)7-8-18(17)30-22(19)23(27)25(20)9-11-28-2/h3-8,12-13,20H,1,9-11H2,2H3/t20-/m1/s1. The third kappa shape index (κ3) is 3.37. The highest BCUT2D eigenvalue weighted by Gasteiger charge is 2.42. The molecule has 154 valence electrons. The highest BCUT2D eigenvalue weighted by molar-refractivity contribution is 5.99. The van der Waals surface area contributed by atoms with Crippen molar-refractivity contribution in [1.29, 1.82) is 0 Å². The van der Waals surface area contributed by atoms with Crippen LogP contribution >= 0.6 is 0 Å². The lowest BCUT2D eigenvalue weighted by Crippen LogP contribution is -2.32. The molecule has 6 nitrogen and oxygen atoms in total. The van der Waals surface area contributed by atoms with Gasteiger partial charge in [-0.3, -0.25) is 9.59 Å². The zero-order chi connectivity index (χ0) is 21.3. The van der Waals surface area contributed by atoms with E-state index in [-0.39, 0.29) is 35.4 Å². The van der Waals surface area contributed by atoms with Crippen molar-refractivity contribution in [2.45, 2.75) is 6.04 Å². The fourth-order valence-electron chi connectivity index (χ4n) is 3.69. The van der Waals surface area contributed by atoms with Gasteiger partial charge in [0.2, 0.25) is 5.76 Å². The number of halogens is 1. The summed E-state index contributed by atoms with van der Waals surface area (Å²) in [6.45, 7) is 4.49. The number of hydrogen-bond acceptors (Lipinski definition) is 5. The van der Waals surface area contributed by atoms with Gasteiger partial charge in [-0.2, -0.15) is 0 Å².